The lowest BCUT2D eigenvalue weighted by atomic mass is 10.0. The molecule has 0 atom stereocenters. The van der Waals surface area contributed by atoms with E-state index in [-0.39, 0.29) is 17.9 Å². The number of para-hydroxylation sites is 1. The summed E-state index contributed by atoms with van der Waals surface area (Å²) in [5, 5.41) is 6.02. The summed E-state index contributed by atoms with van der Waals surface area (Å²) >= 11 is 0. The number of hydrogen-bond donors (Lipinski definition) is 2. The number of piperidine rings is 1. The first-order valence-electron chi connectivity index (χ1n) is 9.05. The molecule has 2 aromatic carbocycles. The van der Waals surface area contributed by atoms with E-state index in [1.165, 1.54) is 0 Å². The minimum Gasteiger partial charge on any atom is -0.349 e. The summed E-state index contributed by atoms with van der Waals surface area (Å²) in [7, 11) is 0. The van der Waals surface area contributed by atoms with Crippen LogP contribution in [0.1, 0.15) is 28.8 Å². The van der Waals surface area contributed by atoms with Crippen molar-refractivity contribution < 1.29 is 9.59 Å². The van der Waals surface area contributed by atoms with Crippen LogP contribution in [0.25, 0.3) is 0 Å². The second kappa shape index (κ2) is 8.63. The monoisotopic (exact) mass is 351 g/mol. The molecule has 0 aromatic heterocycles. The Bertz CT molecular complexity index is 753. The van der Waals surface area contributed by atoms with Crippen molar-refractivity contribution in [2.24, 2.45) is 0 Å². The first kappa shape index (κ1) is 18.1. The molecule has 1 heterocycles. The van der Waals surface area contributed by atoms with Gasteiger partial charge in [-0.3, -0.25) is 14.5 Å². The van der Waals surface area contributed by atoms with Crippen molar-refractivity contribution in [3.05, 3.63) is 65.7 Å². The maximum atomic E-state index is 12.3. The van der Waals surface area contributed by atoms with Crippen LogP contribution in [-0.4, -0.2) is 42.4 Å². The standard InChI is InChI=1S/C21H25N3O2/c1-16-6-5-7-17(14-16)21(26)23-19-10-12-24(13-11-19)15-20(25)22-18-8-3-2-4-9-18/h2-9,14,19H,10-13,15H2,1H3,(H,22,25)(H,23,26). The number of aryl methyl sites for hydroxylation is 1. The molecule has 3 rings (SSSR count). The molecule has 1 fully saturated rings. The molecule has 1 aliphatic rings. The fraction of sp³-hybridized carbons (Fsp3) is 0.333. The maximum Gasteiger partial charge on any atom is 0.251 e. The topological polar surface area (TPSA) is 61.4 Å². The van der Waals surface area contributed by atoms with Crippen molar-refractivity contribution in [2.45, 2.75) is 25.8 Å². The van der Waals surface area contributed by atoms with Crippen molar-refractivity contribution in [1.29, 1.82) is 0 Å². The molecule has 0 aliphatic carbocycles. The van der Waals surface area contributed by atoms with Gasteiger partial charge in [0.2, 0.25) is 5.91 Å². The third-order valence-electron chi connectivity index (χ3n) is 4.63. The largest absolute Gasteiger partial charge is 0.349 e. The van der Waals surface area contributed by atoms with Gasteiger partial charge in [-0.1, -0.05) is 35.9 Å². The van der Waals surface area contributed by atoms with Gasteiger partial charge in [-0.15, -0.1) is 0 Å². The Balaban J connectivity index is 1.42. The van der Waals surface area contributed by atoms with Gasteiger partial charge in [0.25, 0.3) is 5.91 Å². The fourth-order valence-corrected chi connectivity index (χ4v) is 3.22. The Labute approximate surface area is 154 Å². The lowest BCUT2D eigenvalue weighted by Gasteiger charge is -2.31. The third kappa shape index (κ3) is 5.17. The summed E-state index contributed by atoms with van der Waals surface area (Å²) in [4.78, 5) is 26.6. The van der Waals surface area contributed by atoms with Gasteiger partial charge in [-0.2, -0.15) is 0 Å². The predicted octanol–water partition coefficient (Wildman–Crippen LogP) is 2.83. The van der Waals surface area contributed by atoms with Crippen LogP contribution in [0.3, 0.4) is 0 Å². The number of amides is 2. The van der Waals surface area contributed by atoms with Gasteiger partial charge in [0.15, 0.2) is 0 Å². The molecule has 136 valence electrons. The lowest BCUT2D eigenvalue weighted by Crippen LogP contribution is -2.46. The highest BCUT2D eigenvalue weighted by Crippen LogP contribution is 2.12. The molecular formula is C21H25N3O2. The van der Waals surface area contributed by atoms with E-state index in [9.17, 15) is 9.59 Å². The van der Waals surface area contributed by atoms with E-state index in [1.807, 2.05) is 61.5 Å². The molecule has 2 amide bonds. The van der Waals surface area contributed by atoms with E-state index in [4.69, 9.17) is 0 Å². The Morgan fingerprint density at radius 2 is 1.77 bits per heavy atom. The zero-order chi connectivity index (χ0) is 18.4. The van der Waals surface area contributed by atoms with E-state index in [2.05, 4.69) is 15.5 Å². The highest BCUT2D eigenvalue weighted by atomic mass is 16.2. The van der Waals surface area contributed by atoms with Crippen LogP contribution < -0.4 is 10.6 Å². The van der Waals surface area contributed by atoms with Crippen LogP contribution in [0.4, 0.5) is 5.69 Å². The lowest BCUT2D eigenvalue weighted by molar-refractivity contribution is -0.117. The number of nitrogens with zero attached hydrogens (tertiary/aromatic N) is 1. The first-order valence-corrected chi connectivity index (χ1v) is 9.05. The van der Waals surface area contributed by atoms with Gasteiger partial charge in [0.05, 0.1) is 6.54 Å². The molecule has 0 spiro atoms. The van der Waals surface area contributed by atoms with Gasteiger partial charge >= 0.3 is 0 Å². The molecule has 0 saturated carbocycles. The van der Waals surface area contributed by atoms with Gasteiger partial charge in [0.1, 0.15) is 0 Å². The summed E-state index contributed by atoms with van der Waals surface area (Å²) in [6, 6.07) is 17.3. The molecule has 5 heteroatoms. The van der Waals surface area contributed by atoms with Gasteiger partial charge < -0.3 is 10.6 Å². The molecule has 0 radical (unpaired) electrons. The van der Waals surface area contributed by atoms with Crippen molar-refractivity contribution in [3.8, 4) is 0 Å². The Kier molecular flexibility index (Phi) is 6.02. The smallest absolute Gasteiger partial charge is 0.251 e. The molecular weight excluding hydrogens is 326 g/mol. The maximum absolute atomic E-state index is 12.3. The highest BCUT2D eigenvalue weighted by Gasteiger charge is 2.22. The van der Waals surface area contributed by atoms with Crippen molar-refractivity contribution in [1.82, 2.24) is 10.2 Å². The van der Waals surface area contributed by atoms with E-state index >= 15 is 0 Å². The van der Waals surface area contributed by atoms with Crippen LogP contribution in [0.2, 0.25) is 0 Å². The second-order valence-electron chi connectivity index (χ2n) is 6.81. The van der Waals surface area contributed by atoms with E-state index < -0.39 is 0 Å². The van der Waals surface area contributed by atoms with Crippen molar-refractivity contribution in [2.75, 3.05) is 25.0 Å². The highest BCUT2D eigenvalue weighted by molar-refractivity contribution is 5.94. The molecule has 0 unspecified atom stereocenters. The van der Waals surface area contributed by atoms with Crippen LogP contribution in [-0.2, 0) is 4.79 Å². The summed E-state index contributed by atoms with van der Waals surface area (Å²) in [5.74, 6) is -0.0209. The average Bonchev–Trinajstić information content (AvgIpc) is 2.64. The minimum absolute atomic E-state index is 0.00144. The summed E-state index contributed by atoms with van der Waals surface area (Å²) in [6.07, 6.45) is 1.71. The van der Waals surface area contributed by atoms with Crippen LogP contribution in [0.15, 0.2) is 54.6 Å². The Morgan fingerprint density at radius 3 is 2.46 bits per heavy atom. The number of anilines is 1. The van der Waals surface area contributed by atoms with E-state index in [0.29, 0.717) is 12.1 Å². The summed E-state index contributed by atoms with van der Waals surface area (Å²) in [6.45, 7) is 3.98. The number of rotatable bonds is 5. The summed E-state index contributed by atoms with van der Waals surface area (Å²) in [5.41, 5.74) is 2.60. The fourth-order valence-electron chi connectivity index (χ4n) is 3.22. The summed E-state index contributed by atoms with van der Waals surface area (Å²) < 4.78 is 0. The molecule has 5 nitrogen and oxygen atoms in total. The van der Waals surface area contributed by atoms with Crippen molar-refractivity contribution in [3.63, 3.8) is 0 Å². The molecule has 2 aromatic rings. The predicted molar refractivity (Wildman–Crippen MR) is 103 cm³/mol. The van der Waals surface area contributed by atoms with E-state index in [0.717, 1.165) is 37.2 Å². The number of hydrogen-bond acceptors (Lipinski definition) is 3. The molecule has 1 aliphatic heterocycles. The molecule has 26 heavy (non-hydrogen) atoms. The number of likely N-dealkylation sites (tertiary alicyclic amines) is 1. The molecule has 2 N–H and O–H groups in total. The average molecular weight is 351 g/mol. The quantitative estimate of drug-likeness (QED) is 0.871. The first-order chi connectivity index (χ1) is 12.6. The van der Waals surface area contributed by atoms with Gasteiger partial charge in [-0.05, 0) is 44.0 Å². The van der Waals surface area contributed by atoms with Crippen LogP contribution >= 0.6 is 0 Å². The van der Waals surface area contributed by atoms with Crippen LogP contribution in [0, 0.1) is 6.92 Å². The SMILES string of the molecule is Cc1cccc(C(=O)NC2CCN(CC(=O)Nc3ccccc3)CC2)c1. The number of nitrogens with one attached hydrogen (secondary N) is 2. The Hall–Kier alpha value is -2.66. The van der Waals surface area contributed by atoms with Crippen LogP contribution in [0.5, 0.6) is 0 Å². The third-order valence-corrected chi connectivity index (χ3v) is 4.63. The van der Waals surface area contributed by atoms with Gasteiger partial charge in [-0.25, -0.2) is 0 Å². The molecule has 0 bridgehead atoms. The minimum atomic E-state index is -0.0195. The number of carbonyl (C=O) groups is 2. The zero-order valence-corrected chi connectivity index (χ0v) is 15.1. The molecule has 1 saturated heterocycles. The van der Waals surface area contributed by atoms with E-state index in [1.54, 1.807) is 0 Å². The number of benzene rings is 2. The van der Waals surface area contributed by atoms with Gasteiger partial charge in [0, 0.05) is 30.4 Å². The second-order valence-corrected chi connectivity index (χ2v) is 6.81. The Morgan fingerprint density at radius 1 is 1.04 bits per heavy atom. The zero-order valence-electron chi connectivity index (χ0n) is 15.1. The van der Waals surface area contributed by atoms with Crippen molar-refractivity contribution >= 4 is 17.5 Å². The number of carbonyl (C=O) groups excluding carboxylic acids is 2. The normalized spacial score (nSPS) is 15.4.